The average molecular weight is 308 g/mol. The van der Waals surface area contributed by atoms with Crippen LogP contribution < -0.4 is 4.90 Å². The summed E-state index contributed by atoms with van der Waals surface area (Å²) in [4.78, 5) is 16.9. The van der Waals surface area contributed by atoms with E-state index in [1.807, 2.05) is 0 Å². The Balaban J connectivity index is 2.28. The lowest BCUT2D eigenvalue weighted by Gasteiger charge is -2.17. The molecule has 16 heavy (non-hydrogen) atoms. The second kappa shape index (κ2) is 4.67. The molecule has 1 aromatic rings. The van der Waals surface area contributed by atoms with Crippen LogP contribution in [0.15, 0.2) is 16.7 Å². The zero-order chi connectivity index (χ0) is 11.7. The Kier molecular flexibility index (Phi) is 3.44. The molecule has 1 amide bonds. The van der Waals surface area contributed by atoms with E-state index in [4.69, 9.17) is 11.6 Å². The van der Waals surface area contributed by atoms with Crippen molar-refractivity contribution in [3.8, 4) is 0 Å². The van der Waals surface area contributed by atoms with E-state index in [-0.39, 0.29) is 11.8 Å². The van der Waals surface area contributed by atoms with Gasteiger partial charge in [0.25, 0.3) is 0 Å². The Bertz CT molecular complexity index is 429. The van der Waals surface area contributed by atoms with Crippen LogP contribution in [0.5, 0.6) is 0 Å². The monoisotopic (exact) mass is 306 g/mol. The highest BCUT2D eigenvalue weighted by Crippen LogP contribution is 2.30. The first-order valence-electron chi connectivity index (χ1n) is 4.80. The molecule has 1 saturated heterocycles. The van der Waals surface area contributed by atoms with Crippen molar-refractivity contribution in [1.29, 1.82) is 0 Å². The number of carbonyl (C=O) groups excluding carboxylic acids is 1. The van der Waals surface area contributed by atoms with Crippen LogP contribution in [-0.2, 0) is 4.79 Å². The van der Waals surface area contributed by atoms with Crippen molar-refractivity contribution >= 4 is 39.1 Å². The molecule has 1 atom stereocenters. The van der Waals surface area contributed by atoms with Gasteiger partial charge < -0.3 is 4.90 Å². The molecule has 1 aliphatic heterocycles. The number of rotatable bonds is 2. The summed E-state index contributed by atoms with van der Waals surface area (Å²) in [5.41, 5.74) is 0.596. The van der Waals surface area contributed by atoms with Gasteiger partial charge in [0, 0.05) is 18.8 Å². The standard InChI is InChI=1S/C10H9BrClFN2O/c11-10-7(1-2-8(13)14-10)15-5-6(4-12)3-9(15)16/h1-2,6H,3-5H2. The van der Waals surface area contributed by atoms with Crippen LogP contribution in [0.25, 0.3) is 0 Å². The van der Waals surface area contributed by atoms with Gasteiger partial charge in [-0.2, -0.15) is 4.39 Å². The van der Waals surface area contributed by atoms with Gasteiger partial charge in [-0.05, 0) is 34.0 Å². The summed E-state index contributed by atoms with van der Waals surface area (Å²) in [6, 6.07) is 2.78. The van der Waals surface area contributed by atoms with Gasteiger partial charge in [-0.1, -0.05) is 0 Å². The van der Waals surface area contributed by atoms with E-state index in [0.29, 0.717) is 29.1 Å². The summed E-state index contributed by atoms with van der Waals surface area (Å²) in [6.45, 7) is 0.564. The van der Waals surface area contributed by atoms with Crippen LogP contribution in [0.2, 0.25) is 0 Å². The zero-order valence-electron chi connectivity index (χ0n) is 8.29. The van der Waals surface area contributed by atoms with Crippen LogP contribution in [-0.4, -0.2) is 23.3 Å². The summed E-state index contributed by atoms with van der Waals surface area (Å²) >= 11 is 8.87. The fourth-order valence-corrected chi connectivity index (χ4v) is 2.45. The topological polar surface area (TPSA) is 33.2 Å². The third-order valence-corrected chi connectivity index (χ3v) is 3.53. The molecule has 0 aromatic carbocycles. The number of halogens is 3. The first-order valence-corrected chi connectivity index (χ1v) is 6.13. The third-order valence-electron chi connectivity index (χ3n) is 2.51. The Morgan fingerprint density at radius 2 is 2.38 bits per heavy atom. The maximum absolute atomic E-state index is 12.8. The summed E-state index contributed by atoms with van der Waals surface area (Å²) in [6.07, 6.45) is 0.438. The van der Waals surface area contributed by atoms with Gasteiger partial charge in [-0.15, -0.1) is 11.6 Å². The lowest BCUT2D eigenvalue weighted by Crippen LogP contribution is -2.25. The van der Waals surface area contributed by atoms with Crippen molar-refractivity contribution < 1.29 is 9.18 Å². The minimum atomic E-state index is -0.573. The number of anilines is 1. The SMILES string of the molecule is O=C1CC(CCl)CN1c1ccc(F)nc1Br. The molecular weight excluding hydrogens is 298 g/mol. The van der Waals surface area contributed by atoms with E-state index >= 15 is 0 Å². The van der Waals surface area contributed by atoms with Crippen molar-refractivity contribution in [2.24, 2.45) is 5.92 Å². The highest BCUT2D eigenvalue weighted by molar-refractivity contribution is 9.10. The first-order chi connectivity index (χ1) is 7.61. The number of alkyl halides is 1. The third kappa shape index (κ3) is 2.20. The molecule has 2 rings (SSSR count). The number of hydrogen-bond donors (Lipinski definition) is 0. The Labute approximate surface area is 106 Å². The molecule has 0 spiro atoms. The smallest absolute Gasteiger partial charge is 0.227 e. The second-order valence-corrected chi connectivity index (χ2v) is 4.73. The highest BCUT2D eigenvalue weighted by atomic mass is 79.9. The normalized spacial score (nSPS) is 20.6. The van der Waals surface area contributed by atoms with E-state index in [9.17, 15) is 9.18 Å². The fourth-order valence-electron chi connectivity index (χ4n) is 1.72. The van der Waals surface area contributed by atoms with Crippen LogP contribution in [0, 0.1) is 11.9 Å². The van der Waals surface area contributed by atoms with Gasteiger partial charge in [0.2, 0.25) is 11.9 Å². The van der Waals surface area contributed by atoms with Gasteiger partial charge in [0.05, 0.1) is 5.69 Å². The summed E-state index contributed by atoms with van der Waals surface area (Å²) in [5.74, 6) is 0.0381. The molecular formula is C10H9BrClFN2O. The first kappa shape index (κ1) is 11.8. The molecule has 1 fully saturated rings. The van der Waals surface area contributed by atoms with E-state index in [2.05, 4.69) is 20.9 Å². The van der Waals surface area contributed by atoms with Gasteiger partial charge in [-0.3, -0.25) is 4.79 Å². The van der Waals surface area contributed by atoms with E-state index in [0.717, 1.165) is 0 Å². The number of pyridine rings is 1. The highest BCUT2D eigenvalue weighted by Gasteiger charge is 2.31. The Hall–Kier alpha value is -0.680. The number of aromatic nitrogens is 1. The summed E-state index contributed by atoms with van der Waals surface area (Å²) in [5, 5.41) is 0. The fraction of sp³-hybridized carbons (Fsp3) is 0.400. The lowest BCUT2D eigenvalue weighted by atomic mass is 10.1. The molecule has 2 heterocycles. The number of amides is 1. The van der Waals surface area contributed by atoms with Crippen molar-refractivity contribution in [3.05, 3.63) is 22.7 Å². The molecule has 0 N–H and O–H groups in total. The van der Waals surface area contributed by atoms with Crippen LogP contribution in [0.4, 0.5) is 10.1 Å². The predicted molar refractivity (Wildman–Crippen MR) is 63.1 cm³/mol. The molecule has 0 radical (unpaired) electrons. The van der Waals surface area contributed by atoms with E-state index in [1.54, 1.807) is 11.0 Å². The van der Waals surface area contributed by atoms with Gasteiger partial charge in [0.1, 0.15) is 4.60 Å². The molecule has 86 valence electrons. The molecule has 1 aliphatic rings. The van der Waals surface area contributed by atoms with E-state index < -0.39 is 5.95 Å². The molecule has 1 aromatic heterocycles. The van der Waals surface area contributed by atoms with Crippen LogP contribution in [0.3, 0.4) is 0 Å². The molecule has 1 unspecified atom stereocenters. The Morgan fingerprint density at radius 3 is 2.94 bits per heavy atom. The van der Waals surface area contributed by atoms with Crippen molar-refractivity contribution in [2.75, 3.05) is 17.3 Å². The quantitative estimate of drug-likeness (QED) is 0.621. The maximum atomic E-state index is 12.8. The van der Waals surface area contributed by atoms with Crippen molar-refractivity contribution in [1.82, 2.24) is 4.98 Å². The maximum Gasteiger partial charge on any atom is 0.227 e. The number of hydrogen-bond acceptors (Lipinski definition) is 2. The molecule has 0 bridgehead atoms. The van der Waals surface area contributed by atoms with E-state index in [1.165, 1.54) is 6.07 Å². The number of carbonyl (C=O) groups is 1. The zero-order valence-corrected chi connectivity index (χ0v) is 10.6. The lowest BCUT2D eigenvalue weighted by molar-refractivity contribution is -0.117. The minimum absolute atomic E-state index is 0.000224. The molecule has 0 aliphatic carbocycles. The molecule has 6 heteroatoms. The second-order valence-electron chi connectivity index (χ2n) is 3.67. The largest absolute Gasteiger partial charge is 0.309 e. The van der Waals surface area contributed by atoms with Crippen molar-refractivity contribution in [2.45, 2.75) is 6.42 Å². The van der Waals surface area contributed by atoms with Crippen molar-refractivity contribution in [3.63, 3.8) is 0 Å². The van der Waals surface area contributed by atoms with Gasteiger partial charge >= 0.3 is 0 Å². The molecule has 0 saturated carbocycles. The van der Waals surface area contributed by atoms with Crippen LogP contribution in [0.1, 0.15) is 6.42 Å². The van der Waals surface area contributed by atoms with Crippen LogP contribution >= 0.6 is 27.5 Å². The summed E-state index contributed by atoms with van der Waals surface area (Å²) in [7, 11) is 0. The summed E-state index contributed by atoms with van der Waals surface area (Å²) < 4.78 is 13.2. The predicted octanol–water partition coefficient (Wildman–Crippen LogP) is 2.57. The Morgan fingerprint density at radius 1 is 1.62 bits per heavy atom. The number of nitrogens with zero attached hydrogens (tertiary/aromatic N) is 2. The molecule has 3 nitrogen and oxygen atoms in total. The van der Waals surface area contributed by atoms with Gasteiger partial charge in [0.15, 0.2) is 0 Å². The average Bonchev–Trinajstić information content (AvgIpc) is 2.60. The van der Waals surface area contributed by atoms with Gasteiger partial charge in [-0.25, -0.2) is 4.98 Å². The minimum Gasteiger partial charge on any atom is -0.309 e.